The molecule has 5 N–H and O–H groups in total. The van der Waals surface area contributed by atoms with Crippen LogP contribution in [0.4, 0.5) is 0 Å². The van der Waals surface area contributed by atoms with Crippen LogP contribution in [0.3, 0.4) is 0 Å². The van der Waals surface area contributed by atoms with E-state index in [2.05, 4.69) is 0 Å². The smallest absolute Gasteiger partial charge is 0.337 e. The molecule has 3 unspecified atom stereocenters. The quantitative estimate of drug-likeness (QED) is 0.0649. The average Bonchev–Trinajstić information content (AvgIpc) is 3.14. The lowest BCUT2D eigenvalue weighted by molar-refractivity contribution is -0.147. The highest BCUT2D eigenvalue weighted by Gasteiger charge is 2.39. The third-order valence-electron chi connectivity index (χ3n) is 8.68. The fourth-order valence-corrected chi connectivity index (χ4v) is 5.67. The Morgan fingerprint density at radius 2 is 1.24 bits per heavy atom. The number of allylic oxidation sites excluding steroid dienone is 1. The van der Waals surface area contributed by atoms with Crippen molar-refractivity contribution in [1.82, 2.24) is 0 Å². The van der Waals surface area contributed by atoms with Gasteiger partial charge in [-0.15, -0.1) is 0 Å². The second-order valence-corrected chi connectivity index (χ2v) is 12.1. The van der Waals surface area contributed by atoms with Crippen LogP contribution in [0.1, 0.15) is 37.8 Å². The zero-order valence-corrected chi connectivity index (χ0v) is 30.1. The van der Waals surface area contributed by atoms with Gasteiger partial charge in [0.2, 0.25) is 6.29 Å². The average molecular weight is 757 g/mol. The van der Waals surface area contributed by atoms with Crippen molar-refractivity contribution in [3.63, 3.8) is 0 Å². The first-order valence-corrected chi connectivity index (χ1v) is 16.7. The summed E-state index contributed by atoms with van der Waals surface area (Å²) >= 11 is 0. The lowest BCUT2D eigenvalue weighted by Crippen LogP contribution is -2.37. The molecule has 0 radical (unpaired) electrons. The molecule has 0 fully saturated rings. The van der Waals surface area contributed by atoms with Crippen LogP contribution in [0.2, 0.25) is 0 Å². The molecule has 2 aliphatic rings. The van der Waals surface area contributed by atoms with Crippen molar-refractivity contribution in [3.05, 3.63) is 82.8 Å². The van der Waals surface area contributed by atoms with Crippen LogP contribution in [0.5, 0.6) is 23.0 Å². The minimum atomic E-state index is -1.25. The van der Waals surface area contributed by atoms with Gasteiger partial charge in [0.05, 0.1) is 69.9 Å². The SMILES string of the molecule is C/C=C1\C(O)OC=C(C(=O)OC)[C@H]1CC(=O)OCCc1ccc(O)c(O)c1.COC(=O)C1=COC(C)C(C=O)[C@@H]1CC(=O)OCCc1ccc(O)c(O)c1. The van der Waals surface area contributed by atoms with E-state index in [9.17, 15) is 49.5 Å². The van der Waals surface area contributed by atoms with E-state index in [0.717, 1.165) is 6.26 Å². The topological polar surface area (TPSA) is 242 Å². The maximum atomic E-state index is 12.2. The van der Waals surface area contributed by atoms with Crippen LogP contribution in [-0.2, 0) is 65.2 Å². The van der Waals surface area contributed by atoms with E-state index in [0.29, 0.717) is 35.8 Å². The Kier molecular flexibility index (Phi) is 15.9. The summed E-state index contributed by atoms with van der Waals surface area (Å²) in [7, 11) is 2.42. The molecule has 16 heteroatoms. The van der Waals surface area contributed by atoms with Crippen molar-refractivity contribution in [1.29, 1.82) is 0 Å². The Morgan fingerprint density at radius 1 is 0.741 bits per heavy atom. The van der Waals surface area contributed by atoms with Crippen LogP contribution in [0.15, 0.2) is 71.7 Å². The molecule has 292 valence electrons. The van der Waals surface area contributed by atoms with Gasteiger partial charge < -0.3 is 58.7 Å². The zero-order chi connectivity index (χ0) is 39.9. The zero-order valence-electron chi connectivity index (χ0n) is 30.1. The number of aliphatic hydroxyl groups excluding tert-OH is 1. The number of hydrogen-bond donors (Lipinski definition) is 5. The highest BCUT2D eigenvalue weighted by molar-refractivity contribution is 5.91. The number of phenolic OH excluding ortho intramolecular Hbond substituents is 4. The number of ether oxygens (including phenoxy) is 6. The number of aromatic hydroxyl groups is 4. The van der Waals surface area contributed by atoms with Crippen LogP contribution in [-0.4, -0.2) is 95.5 Å². The summed E-state index contributed by atoms with van der Waals surface area (Å²) in [6.07, 6.45) is 3.19. The molecule has 0 bridgehead atoms. The molecule has 0 amide bonds. The van der Waals surface area contributed by atoms with Gasteiger partial charge in [-0.25, -0.2) is 9.59 Å². The molecular weight excluding hydrogens is 712 g/mol. The number of methoxy groups -OCH3 is 2. The number of rotatable bonds is 13. The molecule has 0 aliphatic carbocycles. The van der Waals surface area contributed by atoms with Gasteiger partial charge in [0, 0.05) is 30.3 Å². The summed E-state index contributed by atoms with van der Waals surface area (Å²) in [5.74, 6) is -5.49. The summed E-state index contributed by atoms with van der Waals surface area (Å²) in [6.45, 7) is 3.44. The normalized spacial score (nSPS) is 21.1. The number of carbonyl (C=O) groups excluding carboxylic acids is 5. The number of aliphatic hydroxyl groups is 1. The molecule has 16 nitrogen and oxygen atoms in total. The van der Waals surface area contributed by atoms with Gasteiger partial charge in [-0.05, 0) is 49.2 Å². The lowest BCUT2D eigenvalue weighted by Gasteiger charge is -2.32. The van der Waals surface area contributed by atoms with Crippen LogP contribution in [0.25, 0.3) is 0 Å². The summed E-state index contributed by atoms with van der Waals surface area (Å²) in [6, 6.07) is 8.66. The highest BCUT2D eigenvalue weighted by atomic mass is 16.6. The second-order valence-electron chi connectivity index (χ2n) is 12.1. The largest absolute Gasteiger partial charge is 0.504 e. The maximum Gasteiger partial charge on any atom is 0.337 e. The third kappa shape index (κ3) is 11.5. The monoisotopic (exact) mass is 756 g/mol. The molecule has 54 heavy (non-hydrogen) atoms. The predicted octanol–water partition coefficient (Wildman–Crippen LogP) is 3.02. The van der Waals surface area contributed by atoms with Crippen molar-refractivity contribution in [3.8, 4) is 23.0 Å². The van der Waals surface area contributed by atoms with Crippen LogP contribution >= 0.6 is 0 Å². The first-order valence-electron chi connectivity index (χ1n) is 16.7. The molecule has 4 rings (SSSR count). The minimum Gasteiger partial charge on any atom is -0.504 e. The van der Waals surface area contributed by atoms with Gasteiger partial charge in [0.1, 0.15) is 12.4 Å². The molecule has 2 aromatic rings. The van der Waals surface area contributed by atoms with Crippen LogP contribution in [0, 0.1) is 17.8 Å². The highest BCUT2D eigenvalue weighted by Crippen LogP contribution is 2.34. The first-order chi connectivity index (χ1) is 25.7. The van der Waals surface area contributed by atoms with E-state index in [1.165, 1.54) is 44.7 Å². The number of phenols is 4. The van der Waals surface area contributed by atoms with Crippen LogP contribution < -0.4 is 0 Å². The molecule has 2 heterocycles. The van der Waals surface area contributed by atoms with Crippen molar-refractivity contribution in [2.75, 3.05) is 27.4 Å². The van der Waals surface area contributed by atoms with Gasteiger partial charge in [-0.2, -0.15) is 0 Å². The molecule has 0 saturated carbocycles. The Morgan fingerprint density at radius 3 is 1.72 bits per heavy atom. The van der Waals surface area contributed by atoms with Crippen molar-refractivity contribution >= 4 is 30.2 Å². The van der Waals surface area contributed by atoms with Gasteiger partial charge in [0.15, 0.2) is 23.0 Å². The lowest BCUT2D eigenvalue weighted by atomic mass is 9.80. The molecule has 5 atom stereocenters. The van der Waals surface area contributed by atoms with Gasteiger partial charge >= 0.3 is 23.9 Å². The Balaban J connectivity index is 0.000000290. The maximum absolute atomic E-state index is 12.2. The number of hydrogen-bond acceptors (Lipinski definition) is 16. The predicted molar refractivity (Wildman–Crippen MR) is 186 cm³/mol. The molecule has 0 spiro atoms. The third-order valence-corrected chi connectivity index (χ3v) is 8.68. The fourth-order valence-electron chi connectivity index (χ4n) is 5.67. The summed E-state index contributed by atoms with van der Waals surface area (Å²) in [5.41, 5.74) is 1.98. The Labute approximate surface area is 310 Å². The van der Waals surface area contributed by atoms with Gasteiger partial charge in [-0.3, -0.25) is 9.59 Å². The standard InChI is InChI=1S/2C19H22O8/c1-11-14(9-20)13(15(10-27-11)19(24)25-2)8-18(23)26-6-5-12-3-4-16(21)17(22)7-12;1-3-12-13(14(18(23)25-2)10-27-19(12)24)9-17(22)26-7-6-11-4-5-15(20)16(21)8-11/h3-4,7,9-11,13-14,21-22H,5-6,8H2,1-2H3;3-5,8,10,13,19-21,24H,6-7,9H2,1-2H3/b;12-3-/t11?,13-,14?;13-,19?/m00/s1. The number of carbonyl (C=O) groups is 5. The first kappa shape index (κ1) is 42.4. The summed E-state index contributed by atoms with van der Waals surface area (Å²) < 4.78 is 30.1. The Bertz CT molecular complexity index is 1760. The van der Waals surface area contributed by atoms with Crippen molar-refractivity contribution < 1.29 is 77.9 Å². The van der Waals surface area contributed by atoms with E-state index in [-0.39, 0.29) is 60.2 Å². The number of aldehydes is 1. The van der Waals surface area contributed by atoms with E-state index >= 15 is 0 Å². The minimum absolute atomic E-state index is 0.0465. The number of benzene rings is 2. The van der Waals surface area contributed by atoms with Gasteiger partial charge in [0.25, 0.3) is 0 Å². The fraction of sp³-hybridized carbons (Fsp3) is 0.395. The van der Waals surface area contributed by atoms with E-state index < -0.39 is 54.0 Å². The van der Waals surface area contributed by atoms with E-state index in [1.807, 2.05) is 0 Å². The Hall–Kier alpha value is -6.03. The van der Waals surface area contributed by atoms with Gasteiger partial charge in [-0.1, -0.05) is 18.2 Å². The molecule has 0 aromatic heterocycles. The summed E-state index contributed by atoms with van der Waals surface area (Å²) in [4.78, 5) is 59.6. The second kappa shape index (κ2) is 20.3. The van der Waals surface area contributed by atoms with Crippen molar-refractivity contribution in [2.24, 2.45) is 17.8 Å². The molecule has 2 aromatic carbocycles. The van der Waals surface area contributed by atoms with E-state index in [4.69, 9.17) is 28.4 Å². The number of esters is 4. The van der Waals surface area contributed by atoms with Crippen molar-refractivity contribution in [2.45, 2.75) is 51.9 Å². The molecule has 0 saturated heterocycles. The molecule has 2 aliphatic heterocycles. The summed E-state index contributed by atoms with van der Waals surface area (Å²) in [5, 5.41) is 47.4. The molecular formula is C38H44O16. The van der Waals surface area contributed by atoms with E-state index in [1.54, 1.807) is 32.1 Å².